The topological polar surface area (TPSA) is 124 Å². The highest BCUT2D eigenvalue weighted by Crippen LogP contribution is 2.29. The molecule has 136 valence electrons. The fourth-order valence-electron chi connectivity index (χ4n) is 2.13. The van der Waals surface area contributed by atoms with E-state index < -0.39 is 0 Å². The molecule has 26 heavy (non-hydrogen) atoms. The molecule has 0 fully saturated rings. The van der Waals surface area contributed by atoms with Crippen LogP contribution in [-0.2, 0) is 4.79 Å². The molecule has 0 saturated carbocycles. The Morgan fingerprint density at radius 3 is 2.85 bits per heavy atom. The lowest BCUT2D eigenvalue weighted by Crippen LogP contribution is -2.17. The SMILES string of the molecule is COc1ccc(NC(=O)CSc2nnc3[nH]c(=O)c(C)nn23)c(OC)c1. The third-order valence-corrected chi connectivity index (χ3v) is 4.35. The van der Waals surface area contributed by atoms with Crippen LogP contribution in [0.25, 0.3) is 5.78 Å². The van der Waals surface area contributed by atoms with Crippen LogP contribution in [0, 0.1) is 6.92 Å². The lowest BCUT2D eigenvalue weighted by atomic mass is 10.2. The minimum absolute atomic E-state index is 0.0792. The molecule has 0 aliphatic carbocycles. The number of benzene rings is 1. The summed E-state index contributed by atoms with van der Waals surface area (Å²) in [5.41, 5.74) is 0.487. The highest BCUT2D eigenvalue weighted by Gasteiger charge is 2.13. The van der Waals surface area contributed by atoms with Crippen LogP contribution in [-0.4, -0.2) is 50.7 Å². The van der Waals surface area contributed by atoms with Gasteiger partial charge in [0.05, 0.1) is 25.7 Å². The van der Waals surface area contributed by atoms with Crippen molar-refractivity contribution in [2.75, 3.05) is 25.3 Å². The van der Waals surface area contributed by atoms with Gasteiger partial charge >= 0.3 is 0 Å². The third-order valence-electron chi connectivity index (χ3n) is 3.43. The minimum Gasteiger partial charge on any atom is -0.497 e. The Hall–Kier alpha value is -3.08. The van der Waals surface area contributed by atoms with Gasteiger partial charge in [-0.1, -0.05) is 11.8 Å². The normalized spacial score (nSPS) is 10.7. The average molecular weight is 376 g/mol. The summed E-state index contributed by atoms with van der Waals surface area (Å²) in [6, 6.07) is 5.10. The number of hydrogen-bond donors (Lipinski definition) is 2. The van der Waals surface area contributed by atoms with E-state index in [1.54, 1.807) is 32.2 Å². The van der Waals surface area contributed by atoms with Gasteiger partial charge in [-0.15, -0.1) is 10.2 Å². The van der Waals surface area contributed by atoms with Crippen molar-refractivity contribution < 1.29 is 14.3 Å². The standard InChI is InChI=1S/C15H16N6O4S/c1-8-13(23)17-14-18-19-15(21(14)20-8)26-7-12(22)16-10-5-4-9(24-2)6-11(10)25-3/h4-6H,7H2,1-3H3,(H,16,22)(H,17,18,23). The van der Waals surface area contributed by atoms with E-state index in [1.807, 2.05) is 0 Å². The molecule has 0 saturated heterocycles. The maximum Gasteiger partial charge on any atom is 0.273 e. The van der Waals surface area contributed by atoms with Crippen LogP contribution in [0.1, 0.15) is 5.69 Å². The van der Waals surface area contributed by atoms with Crippen LogP contribution in [0.3, 0.4) is 0 Å². The summed E-state index contributed by atoms with van der Waals surface area (Å²) in [6.45, 7) is 1.58. The molecule has 11 heteroatoms. The maximum atomic E-state index is 12.2. The van der Waals surface area contributed by atoms with Gasteiger partial charge in [0.25, 0.3) is 11.3 Å². The van der Waals surface area contributed by atoms with Gasteiger partial charge in [-0.05, 0) is 19.1 Å². The van der Waals surface area contributed by atoms with Crippen LogP contribution < -0.4 is 20.3 Å². The lowest BCUT2D eigenvalue weighted by molar-refractivity contribution is -0.113. The van der Waals surface area contributed by atoms with Gasteiger partial charge in [0.15, 0.2) is 0 Å². The van der Waals surface area contributed by atoms with E-state index in [0.717, 1.165) is 11.8 Å². The summed E-state index contributed by atoms with van der Waals surface area (Å²) in [5, 5.41) is 15.0. The van der Waals surface area contributed by atoms with Crippen molar-refractivity contribution in [2.24, 2.45) is 0 Å². The van der Waals surface area contributed by atoms with Gasteiger partial charge in [-0.25, -0.2) is 0 Å². The molecule has 1 aromatic carbocycles. The van der Waals surface area contributed by atoms with Crippen molar-refractivity contribution in [3.05, 3.63) is 34.2 Å². The Bertz CT molecular complexity index is 1020. The molecular formula is C15H16N6O4S. The number of carbonyl (C=O) groups excluding carboxylic acids is 1. The first-order valence-electron chi connectivity index (χ1n) is 7.49. The predicted octanol–water partition coefficient (Wildman–Crippen LogP) is 0.869. The number of aryl methyl sites for hydroxylation is 1. The average Bonchev–Trinajstić information content (AvgIpc) is 3.02. The summed E-state index contributed by atoms with van der Waals surface area (Å²) in [5.74, 6) is 1.16. The molecule has 0 atom stereocenters. The molecule has 1 amide bonds. The van der Waals surface area contributed by atoms with Crippen molar-refractivity contribution in [3.63, 3.8) is 0 Å². The first kappa shape index (κ1) is 17.7. The molecule has 0 bridgehead atoms. The molecule has 0 unspecified atom stereocenters. The fraction of sp³-hybridized carbons (Fsp3) is 0.267. The Morgan fingerprint density at radius 2 is 2.12 bits per heavy atom. The number of carbonyl (C=O) groups is 1. The third kappa shape index (κ3) is 3.61. The zero-order valence-electron chi connectivity index (χ0n) is 14.3. The van der Waals surface area contributed by atoms with Gasteiger partial charge in [-0.2, -0.15) is 9.61 Å². The smallest absolute Gasteiger partial charge is 0.273 e. The van der Waals surface area contributed by atoms with Crippen molar-refractivity contribution in [2.45, 2.75) is 12.1 Å². The van der Waals surface area contributed by atoms with Crippen molar-refractivity contribution in [1.82, 2.24) is 24.8 Å². The first-order chi connectivity index (χ1) is 12.5. The van der Waals surface area contributed by atoms with E-state index >= 15 is 0 Å². The second-order valence-corrected chi connectivity index (χ2v) is 6.10. The Balaban J connectivity index is 1.70. The van der Waals surface area contributed by atoms with Gasteiger partial charge in [0, 0.05) is 6.07 Å². The number of fused-ring (bicyclic) bond motifs is 1. The largest absolute Gasteiger partial charge is 0.497 e. The Labute approximate surface area is 151 Å². The van der Waals surface area contributed by atoms with Gasteiger partial charge < -0.3 is 14.8 Å². The van der Waals surface area contributed by atoms with E-state index in [2.05, 4.69) is 25.6 Å². The monoisotopic (exact) mass is 376 g/mol. The quantitative estimate of drug-likeness (QED) is 0.608. The number of methoxy groups -OCH3 is 2. The number of aromatic amines is 1. The molecule has 0 spiro atoms. The van der Waals surface area contributed by atoms with E-state index in [-0.39, 0.29) is 28.7 Å². The molecule has 3 aromatic rings. The van der Waals surface area contributed by atoms with Crippen LogP contribution in [0.4, 0.5) is 5.69 Å². The summed E-state index contributed by atoms with van der Waals surface area (Å²) in [4.78, 5) is 26.3. The van der Waals surface area contributed by atoms with Crippen LogP contribution >= 0.6 is 11.8 Å². The molecule has 0 aliphatic heterocycles. The Kier molecular flexibility index (Phi) is 5.07. The summed E-state index contributed by atoms with van der Waals surface area (Å²) in [6.07, 6.45) is 0. The number of H-pyrrole nitrogens is 1. The number of hydrogen-bond acceptors (Lipinski definition) is 8. The number of anilines is 1. The number of aromatic nitrogens is 5. The first-order valence-corrected chi connectivity index (χ1v) is 8.47. The van der Waals surface area contributed by atoms with E-state index in [0.29, 0.717) is 22.3 Å². The van der Waals surface area contributed by atoms with Gasteiger partial charge in [-0.3, -0.25) is 14.6 Å². The van der Waals surface area contributed by atoms with Crippen LogP contribution in [0.5, 0.6) is 11.5 Å². The summed E-state index contributed by atoms with van der Waals surface area (Å²) < 4.78 is 11.8. The number of rotatable bonds is 6. The number of thioether (sulfide) groups is 1. The molecule has 2 heterocycles. The van der Waals surface area contributed by atoms with Crippen molar-refractivity contribution in [3.8, 4) is 11.5 Å². The molecule has 2 N–H and O–H groups in total. The minimum atomic E-state index is -0.328. The predicted molar refractivity (Wildman–Crippen MR) is 95.0 cm³/mol. The maximum absolute atomic E-state index is 12.2. The number of ether oxygens (including phenoxy) is 2. The highest BCUT2D eigenvalue weighted by atomic mass is 32.2. The summed E-state index contributed by atoms with van der Waals surface area (Å²) >= 11 is 1.15. The zero-order valence-corrected chi connectivity index (χ0v) is 15.1. The van der Waals surface area contributed by atoms with Crippen molar-refractivity contribution in [1.29, 1.82) is 0 Å². The van der Waals surface area contributed by atoms with E-state index in [4.69, 9.17) is 9.47 Å². The second kappa shape index (κ2) is 7.44. The molecule has 3 rings (SSSR count). The Morgan fingerprint density at radius 1 is 1.31 bits per heavy atom. The van der Waals surface area contributed by atoms with Gasteiger partial charge in [0.1, 0.15) is 17.2 Å². The summed E-state index contributed by atoms with van der Waals surface area (Å²) in [7, 11) is 3.06. The molecular weight excluding hydrogens is 360 g/mol. The lowest BCUT2D eigenvalue weighted by Gasteiger charge is -2.11. The van der Waals surface area contributed by atoms with Gasteiger partial charge in [0.2, 0.25) is 11.1 Å². The molecule has 10 nitrogen and oxygen atoms in total. The molecule has 0 radical (unpaired) electrons. The highest BCUT2D eigenvalue weighted by molar-refractivity contribution is 7.99. The second-order valence-electron chi connectivity index (χ2n) is 5.16. The zero-order chi connectivity index (χ0) is 18.7. The van der Waals surface area contributed by atoms with Crippen molar-refractivity contribution >= 4 is 29.1 Å². The van der Waals surface area contributed by atoms with E-state index in [9.17, 15) is 9.59 Å². The van der Waals surface area contributed by atoms with Crippen LogP contribution in [0.2, 0.25) is 0 Å². The molecule has 0 aliphatic rings. The molecule has 2 aromatic heterocycles. The number of nitrogens with one attached hydrogen (secondary N) is 2. The number of amides is 1. The van der Waals surface area contributed by atoms with Crippen LogP contribution in [0.15, 0.2) is 28.2 Å². The van der Waals surface area contributed by atoms with E-state index in [1.165, 1.54) is 11.6 Å². The fourth-order valence-corrected chi connectivity index (χ4v) is 2.81. The number of nitrogens with zero attached hydrogens (tertiary/aromatic N) is 4.